The summed E-state index contributed by atoms with van der Waals surface area (Å²) in [6, 6.07) is 15.4. The average molecular weight is 488 g/mol. The third-order valence-corrected chi connectivity index (χ3v) is 6.54. The molecule has 186 valence electrons. The number of hydrogen-bond donors (Lipinski definition) is 0. The molecule has 1 amide bonds. The van der Waals surface area contributed by atoms with Crippen molar-refractivity contribution in [3.8, 4) is 11.5 Å². The highest BCUT2D eigenvalue weighted by atomic mass is 16.5. The summed E-state index contributed by atoms with van der Waals surface area (Å²) in [6.07, 6.45) is 5.98. The van der Waals surface area contributed by atoms with Crippen LogP contribution in [0.4, 0.5) is 0 Å². The van der Waals surface area contributed by atoms with Gasteiger partial charge in [-0.15, -0.1) is 0 Å². The van der Waals surface area contributed by atoms with Gasteiger partial charge in [0, 0.05) is 0 Å². The molecule has 4 aromatic rings. The lowest BCUT2D eigenvalue weighted by Gasteiger charge is -2.25. The fraction of sp³-hybridized carbons (Fsp3) is 0.310. The van der Waals surface area contributed by atoms with Gasteiger partial charge in [-0.2, -0.15) is 0 Å². The van der Waals surface area contributed by atoms with Crippen molar-refractivity contribution >= 4 is 16.9 Å². The van der Waals surface area contributed by atoms with Crippen molar-refractivity contribution < 1.29 is 23.1 Å². The summed E-state index contributed by atoms with van der Waals surface area (Å²) in [6.45, 7) is 2.96. The van der Waals surface area contributed by atoms with E-state index in [1.54, 1.807) is 54.7 Å². The lowest BCUT2D eigenvalue weighted by atomic mass is 9.98. The van der Waals surface area contributed by atoms with Crippen LogP contribution in [0.1, 0.15) is 66.1 Å². The molecule has 1 aliphatic rings. The number of amides is 1. The third kappa shape index (κ3) is 4.37. The normalized spacial score (nSPS) is 14.9. The highest BCUT2D eigenvalue weighted by Crippen LogP contribution is 2.41. The SMILES string of the molecule is CCCCCCOc1ccc(C2c3c(oc4ccccc4c3=O)C(=O)N2Cc2ccco2)cc1OC. The third-order valence-electron chi connectivity index (χ3n) is 6.54. The van der Waals surface area contributed by atoms with Crippen molar-refractivity contribution in [2.24, 2.45) is 0 Å². The molecule has 0 N–H and O–H groups in total. The highest BCUT2D eigenvalue weighted by molar-refractivity contribution is 5.99. The van der Waals surface area contributed by atoms with Crippen LogP contribution in [0.25, 0.3) is 11.0 Å². The second-order valence-electron chi connectivity index (χ2n) is 8.90. The minimum absolute atomic E-state index is 0.0606. The Hall–Kier alpha value is -4.00. The first kappa shape index (κ1) is 23.7. The Morgan fingerprint density at radius 2 is 1.83 bits per heavy atom. The van der Waals surface area contributed by atoms with Gasteiger partial charge < -0.3 is 23.2 Å². The summed E-state index contributed by atoms with van der Waals surface area (Å²) in [5, 5.41) is 0.438. The Morgan fingerprint density at radius 3 is 2.61 bits per heavy atom. The van der Waals surface area contributed by atoms with E-state index in [-0.39, 0.29) is 23.6 Å². The zero-order chi connectivity index (χ0) is 25.1. The summed E-state index contributed by atoms with van der Waals surface area (Å²) in [7, 11) is 1.58. The maximum Gasteiger partial charge on any atom is 0.291 e. The number of methoxy groups -OCH3 is 1. The van der Waals surface area contributed by atoms with E-state index >= 15 is 0 Å². The van der Waals surface area contributed by atoms with Crippen LogP contribution in [0.2, 0.25) is 0 Å². The zero-order valence-electron chi connectivity index (χ0n) is 20.5. The first-order valence-corrected chi connectivity index (χ1v) is 12.3. The second-order valence-corrected chi connectivity index (χ2v) is 8.90. The molecule has 7 nitrogen and oxygen atoms in total. The maximum absolute atomic E-state index is 13.6. The van der Waals surface area contributed by atoms with Crippen LogP contribution >= 0.6 is 0 Å². The Bertz CT molecular complexity index is 1420. The van der Waals surface area contributed by atoms with Crippen molar-refractivity contribution in [3.63, 3.8) is 0 Å². The fourth-order valence-electron chi connectivity index (χ4n) is 4.73. The van der Waals surface area contributed by atoms with Gasteiger partial charge in [0.15, 0.2) is 16.9 Å². The molecule has 5 rings (SSSR count). The quantitative estimate of drug-likeness (QED) is 0.252. The Morgan fingerprint density at radius 1 is 0.972 bits per heavy atom. The molecule has 1 unspecified atom stereocenters. The summed E-state index contributed by atoms with van der Waals surface area (Å²) in [5.41, 5.74) is 1.21. The van der Waals surface area contributed by atoms with Crippen LogP contribution < -0.4 is 14.9 Å². The number of unbranched alkanes of at least 4 members (excludes halogenated alkanes) is 3. The van der Waals surface area contributed by atoms with E-state index < -0.39 is 6.04 Å². The number of para-hydroxylation sites is 1. The van der Waals surface area contributed by atoms with Gasteiger partial charge in [-0.1, -0.05) is 44.4 Å². The minimum Gasteiger partial charge on any atom is -0.493 e. The zero-order valence-corrected chi connectivity index (χ0v) is 20.5. The molecule has 2 aromatic carbocycles. The van der Waals surface area contributed by atoms with Gasteiger partial charge >= 0.3 is 0 Å². The first-order chi connectivity index (χ1) is 17.6. The van der Waals surface area contributed by atoms with Crippen molar-refractivity contribution in [2.45, 2.75) is 45.2 Å². The van der Waals surface area contributed by atoms with E-state index in [4.69, 9.17) is 18.3 Å². The number of carbonyl (C=O) groups excluding carboxylic acids is 1. The molecule has 36 heavy (non-hydrogen) atoms. The number of benzene rings is 2. The van der Waals surface area contributed by atoms with Crippen LogP contribution in [0, 0.1) is 0 Å². The largest absolute Gasteiger partial charge is 0.493 e. The van der Waals surface area contributed by atoms with Gasteiger partial charge in [0.25, 0.3) is 5.91 Å². The van der Waals surface area contributed by atoms with E-state index in [9.17, 15) is 9.59 Å². The summed E-state index contributed by atoms with van der Waals surface area (Å²) < 4.78 is 23.1. The summed E-state index contributed by atoms with van der Waals surface area (Å²) in [5.74, 6) is 1.49. The smallest absolute Gasteiger partial charge is 0.291 e. The highest BCUT2D eigenvalue weighted by Gasteiger charge is 2.43. The van der Waals surface area contributed by atoms with Crippen molar-refractivity contribution in [1.29, 1.82) is 0 Å². The number of nitrogens with zero attached hydrogens (tertiary/aromatic N) is 1. The molecule has 1 atom stereocenters. The van der Waals surface area contributed by atoms with Gasteiger partial charge in [0.2, 0.25) is 5.76 Å². The van der Waals surface area contributed by atoms with Gasteiger partial charge in [-0.25, -0.2) is 0 Å². The van der Waals surface area contributed by atoms with Crippen molar-refractivity contribution in [3.05, 3.63) is 93.7 Å². The Labute approximate surface area is 209 Å². The predicted octanol–water partition coefficient (Wildman–Crippen LogP) is 6.10. The second kappa shape index (κ2) is 10.3. The molecule has 1 aliphatic heterocycles. The minimum atomic E-state index is -0.661. The molecular formula is C29H29NO6. The monoisotopic (exact) mass is 487 g/mol. The maximum atomic E-state index is 13.6. The van der Waals surface area contributed by atoms with Crippen LogP contribution in [-0.2, 0) is 6.54 Å². The molecule has 0 spiro atoms. The van der Waals surface area contributed by atoms with Crippen LogP contribution in [0.3, 0.4) is 0 Å². The number of furan rings is 1. The van der Waals surface area contributed by atoms with Gasteiger partial charge in [-0.05, 0) is 48.4 Å². The number of hydrogen-bond acceptors (Lipinski definition) is 6. The van der Waals surface area contributed by atoms with E-state index in [1.165, 1.54) is 6.42 Å². The topological polar surface area (TPSA) is 82.1 Å². The van der Waals surface area contributed by atoms with Crippen LogP contribution in [-0.4, -0.2) is 24.5 Å². The Balaban J connectivity index is 1.56. The average Bonchev–Trinajstić information content (AvgIpc) is 3.51. The molecule has 0 saturated heterocycles. The van der Waals surface area contributed by atoms with Crippen molar-refractivity contribution in [1.82, 2.24) is 4.90 Å². The molecule has 7 heteroatoms. The Kier molecular flexibility index (Phi) is 6.80. The van der Waals surface area contributed by atoms with E-state index in [1.807, 2.05) is 18.2 Å². The predicted molar refractivity (Wildman–Crippen MR) is 136 cm³/mol. The standard InChI is InChI=1S/C29H29NO6/c1-3-4-5-8-15-35-23-14-13-19(17-24(23)33-2)26-25-27(31)21-11-6-7-12-22(21)36-28(25)29(32)30(26)18-20-10-9-16-34-20/h6-7,9-14,16-17,26H,3-5,8,15,18H2,1-2H3. The molecule has 3 heterocycles. The van der Waals surface area contributed by atoms with Gasteiger partial charge in [0.1, 0.15) is 11.3 Å². The van der Waals surface area contributed by atoms with E-state index in [2.05, 4.69) is 6.92 Å². The molecule has 2 aromatic heterocycles. The first-order valence-electron chi connectivity index (χ1n) is 12.3. The molecule has 0 radical (unpaired) electrons. The number of fused-ring (bicyclic) bond motifs is 2. The fourth-order valence-corrected chi connectivity index (χ4v) is 4.73. The molecule has 0 saturated carbocycles. The molecular weight excluding hydrogens is 458 g/mol. The van der Waals surface area contributed by atoms with Gasteiger partial charge in [0.05, 0.1) is 43.5 Å². The van der Waals surface area contributed by atoms with Gasteiger partial charge in [-0.3, -0.25) is 9.59 Å². The number of carbonyl (C=O) groups is 1. The van der Waals surface area contributed by atoms with Crippen molar-refractivity contribution in [2.75, 3.05) is 13.7 Å². The molecule has 0 bridgehead atoms. The lowest BCUT2D eigenvalue weighted by molar-refractivity contribution is 0.0701. The van der Waals surface area contributed by atoms with Crippen LogP contribution in [0.5, 0.6) is 11.5 Å². The summed E-state index contributed by atoms with van der Waals surface area (Å²) in [4.78, 5) is 28.8. The van der Waals surface area contributed by atoms with E-state index in [0.717, 1.165) is 24.8 Å². The van der Waals surface area contributed by atoms with Crippen LogP contribution in [0.15, 0.2) is 74.5 Å². The van der Waals surface area contributed by atoms with E-state index in [0.29, 0.717) is 40.4 Å². The number of rotatable bonds is 10. The summed E-state index contributed by atoms with van der Waals surface area (Å²) >= 11 is 0. The lowest BCUT2D eigenvalue weighted by Crippen LogP contribution is -2.29. The number of ether oxygens (including phenoxy) is 2. The molecule has 0 aliphatic carbocycles. The molecule has 0 fully saturated rings.